The van der Waals surface area contributed by atoms with E-state index in [9.17, 15) is 12.8 Å². The SMILES string of the molecule is Cc1ccc(S(=O)(=O)Nc2ccc(Cn3cnc(-c4nc(-c5ccc(F)cc5)no4)c3)cc2)cc1. The molecule has 0 saturated carbocycles. The normalized spacial score (nSPS) is 11.5. The Labute approximate surface area is 201 Å². The summed E-state index contributed by atoms with van der Waals surface area (Å²) in [5.41, 5.74) is 3.56. The summed E-state index contributed by atoms with van der Waals surface area (Å²) < 4.78 is 48.0. The Hall–Kier alpha value is -4.31. The van der Waals surface area contributed by atoms with Crippen molar-refractivity contribution in [2.45, 2.75) is 18.4 Å². The summed E-state index contributed by atoms with van der Waals surface area (Å²) in [4.78, 5) is 8.87. The summed E-state index contributed by atoms with van der Waals surface area (Å²) >= 11 is 0. The van der Waals surface area contributed by atoms with E-state index < -0.39 is 10.0 Å². The van der Waals surface area contributed by atoms with Crippen LogP contribution in [0.15, 0.2) is 94.7 Å². The number of nitrogens with zero attached hydrogens (tertiary/aromatic N) is 4. The minimum atomic E-state index is -3.66. The Morgan fingerprint density at radius 3 is 2.40 bits per heavy atom. The number of anilines is 1. The largest absolute Gasteiger partial charge is 0.332 e. The maximum Gasteiger partial charge on any atom is 0.278 e. The zero-order valence-corrected chi connectivity index (χ0v) is 19.4. The third-order valence-corrected chi connectivity index (χ3v) is 6.68. The van der Waals surface area contributed by atoms with Crippen LogP contribution in [0.4, 0.5) is 10.1 Å². The van der Waals surface area contributed by atoms with E-state index in [1.165, 1.54) is 12.1 Å². The highest BCUT2D eigenvalue weighted by Gasteiger charge is 2.15. The lowest BCUT2D eigenvalue weighted by Crippen LogP contribution is -2.12. The molecule has 2 heterocycles. The average molecular weight is 490 g/mol. The number of halogens is 1. The number of rotatable bonds is 7. The smallest absolute Gasteiger partial charge is 0.278 e. The lowest BCUT2D eigenvalue weighted by molar-refractivity contribution is 0.431. The van der Waals surface area contributed by atoms with Crippen LogP contribution in [-0.4, -0.2) is 28.1 Å². The van der Waals surface area contributed by atoms with Crippen molar-refractivity contribution in [2.24, 2.45) is 0 Å². The van der Waals surface area contributed by atoms with Gasteiger partial charge in [-0.05, 0) is 61.0 Å². The van der Waals surface area contributed by atoms with Crippen molar-refractivity contribution in [3.63, 3.8) is 0 Å². The van der Waals surface area contributed by atoms with Crippen molar-refractivity contribution in [3.8, 4) is 23.0 Å². The molecule has 0 fully saturated rings. The van der Waals surface area contributed by atoms with Crippen LogP contribution in [-0.2, 0) is 16.6 Å². The first kappa shape index (κ1) is 22.5. The van der Waals surface area contributed by atoms with Gasteiger partial charge in [-0.1, -0.05) is 35.0 Å². The van der Waals surface area contributed by atoms with Crippen LogP contribution in [0.25, 0.3) is 23.0 Å². The molecule has 0 bridgehead atoms. The quantitative estimate of drug-likeness (QED) is 0.349. The van der Waals surface area contributed by atoms with E-state index in [4.69, 9.17) is 4.52 Å². The number of nitrogens with one attached hydrogen (secondary N) is 1. The molecular formula is C25H20FN5O3S. The van der Waals surface area contributed by atoms with E-state index in [1.807, 2.05) is 23.6 Å². The fourth-order valence-corrected chi connectivity index (χ4v) is 4.48. The standard InChI is InChI=1S/C25H20FN5O3S/c1-17-2-12-22(13-3-17)35(32,33)30-21-10-4-18(5-11-21)14-31-15-23(27-16-31)25-28-24(29-34-25)19-6-8-20(26)9-7-19/h2-13,15-16,30H,14H2,1H3. The van der Waals surface area contributed by atoms with Crippen LogP contribution >= 0.6 is 0 Å². The van der Waals surface area contributed by atoms with Crippen LogP contribution in [0, 0.1) is 12.7 Å². The second-order valence-electron chi connectivity index (χ2n) is 7.98. The zero-order chi connectivity index (χ0) is 24.4. The first-order chi connectivity index (χ1) is 16.9. The van der Waals surface area contributed by atoms with Gasteiger partial charge in [0, 0.05) is 24.0 Å². The highest BCUT2D eigenvalue weighted by atomic mass is 32.2. The average Bonchev–Trinajstić information content (AvgIpc) is 3.51. The van der Waals surface area contributed by atoms with Gasteiger partial charge in [-0.2, -0.15) is 4.98 Å². The highest BCUT2D eigenvalue weighted by molar-refractivity contribution is 7.92. The third kappa shape index (κ3) is 5.12. The molecule has 0 aliphatic carbocycles. The highest BCUT2D eigenvalue weighted by Crippen LogP contribution is 2.22. The van der Waals surface area contributed by atoms with E-state index in [1.54, 1.807) is 61.1 Å². The van der Waals surface area contributed by atoms with Crippen LogP contribution in [0.2, 0.25) is 0 Å². The topological polar surface area (TPSA) is 103 Å². The van der Waals surface area contributed by atoms with Gasteiger partial charge in [-0.25, -0.2) is 17.8 Å². The fourth-order valence-electron chi connectivity index (χ4n) is 3.42. The summed E-state index contributed by atoms with van der Waals surface area (Å²) in [6.07, 6.45) is 3.42. The Morgan fingerprint density at radius 1 is 0.971 bits per heavy atom. The molecule has 3 aromatic carbocycles. The van der Waals surface area contributed by atoms with Crippen molar-refractivity contribution in [1.82, 2.24) is 19.7 Å². The molecule has 0 aliphatic heterocycles. The number of aryl methyl sites for hydroxylation is 1. The molecule has 0 amide bonds. The van der Waals surface area contributed by atoms with E-state index in [0.29, 0.717) is 29.3 Å². The minimum Gasteiger partial charge on any atom is -0.332 e. The van der Waals surface area contributed by atoms with Crippen LogP contribution in [0.3, 0.4) is 0 Å². The number of hydrogen-bond acceptors (Lipinski definition) is 6. The molecule has 176 valence electrons. The van der Waals surface area contributed by atoms with Crippen molar-refractivity contribution < 1.29 is 17.3 Å². The number of hydrogen-bond donors (Lipinski definition) is 1. The van der Waals surface area contributed by atoms with Gasteiger partial charge in [0.2, 0.25) is 5.82 Å². The minimum absolute atomic E-state index is 0.210. The second-order valence-corrected chi connectivity index (χ2v) is 9.66. The van der Waals surface area contributed by atoms with Crippen molar-refractivity contribution in [2.75, 3.05) is 4.72 Å². The summed E-state index contributed by atoms with van der Waals surface area (Å²) in [5.74, 6) is 0.259. The van der Waals surface area contributed by atoms with Gasteiger partial charge >= 0.3 is 0 Å². The Balaban J connectivity index is 1.25. The van der Waals surface area contributed by atoms with Crippen molar-refractivity contribution in [1.29, 1.82) is 0 Å². The summed E-state index contributed by atoms with van der Waals surface area (Å²) in [5, 5.41) is 3.94. The maximum atomic E-state index is 13.1. The van der Waals surface area contributed by atoms with Crippen LogP contribution < -0.4 is 4.72 Å². The molecule has 0 aliphatic rings. The van der Waals surface area contributed by atoms with Gasteiger partial charge < -0.3 is 9.09 Å². The molecule has 0 saturated heterocycles. The molecule has 0 atom stereocenters. The Bertz CT molecular complexity index is 1560. The fraction of sp³-hybridized carbons (Fsp3) is 0.0800. The molecule has 2 aromatic heterocycles. The van der Waals surface area contributed by atoms with E-state index >= 15 is 0 Å². The third-order valence-electron chi connectivity index (χ3n) is 5.28. The molecule has 35 heavy (non-hydrogen) atoms. The number of imidazole rings is 1. The predicted octanol–water partition coefficient (Wildman–Crippen LogP) is 4.90. The summed E-state index contributed by atoms with van der Waals surface area (Å²) in [7, 11) is -3.66. The number of sulfonamides is 1. The molecule has 5 aromatic rings. The summed E-state index contributed by atoms with van der Waals surface area (Å²) in [6, 6.07) is 19.6. The molecule has 10 heteroatoms. The van der Waals surface area contributed by atoms with E-state index in [0.717, 1.165) is 11.1 Å². The van der Waals surface area contributed by atoms with E-state index in [-0.39, 0.29) is 16.6 Å². The summed E-state index contributed by atoms with van der Waals surface area (Å²) in [6.45, 7) is 2.41. The van der Waals surface area contributed by atoms with Crippen molar-refractivity contribution >= 4 is 15.7 Å². The molecule has 8 nitrogen and oxygen atoms in total. The molecular weight excluding hydrogens is 469 g/mol. The van der Waals surface area contributed by atoms with Gasteiger partial charge in [0.05, 0.1) is 11.2 Å². The van der Waals surface area contributed by atoms with Crippen molar-refractivity contribution in [3.05, 3.63) is 102 Å². The van der Waals surface area contributed by atoms with Gasteiger partial charge in [0.1, 0.15) is 11.5 Å². The van der Waals surface area contributed by atoms with Crippen LogP contribution in [0.1, 0.15) is 11.1 Å². The predicted molar refractivity (Wildman–Crippen MR) is 128 cm³/mol. The lowest BCUT2D eigenvalue weighted by atomic mass is 10.2. The van der Waals surface area contributed by atoms with Gasteiger partial charge in [0.15, 0.2) is 0 Å². The Morgan fingerprint density at radius 2 is 1.69 bits per heavy atom. The second kappa shape index (κ2) is 9.15. The molecule has 1 N–H and O–H groups in total. The maximum absolute atomic E-state index is 13.1. The van der Waals surface area contributed by atoms with Gasteiger partial charge in [0.25, 0.3) is 15.9 Å². The first-order valence-electron chi connectivity index (χ1n) is 10.7. The first-order valence-corrected chi connectivity index (χ1v) is 12.1. The van der Waals surface area contributed by atoms with E-state index in [2.05, 4.69) is 19.8 Å². The van der Waals surface area contributed by atoms with Gasteiger partial charge in [-0.3, -0.25) is 4.72 Å². The van der Waals surface area contributed by atoms with Gasteiger partial charge in [-0.15, -0.1) is 0 Å². The number of benzene rings is 3. The molecule has 0 unspecified atom stereocenters. The molecule has 0 radical (unpaired) electrons. The Kier molecular flexibility index (Phi) is 5.87. The molecule has 5 rings (SSSR count). The number of aromatic nitrogens is 4. The molecule has 0 spiro atoms. The zero-order valence-electron chi connectivity index (χ0n) is 18.6. The van der Waals surface area contributed by atoms with Crippen LogP contribution in [0.5, 0.6) is 0 Å². The monoisotopic (exact) mass is 489 g/mol. The lowest BCUT2D eigenvalue weighted by Gasteiger charge is -2.09.